The Balaban J connectivity index is 1.62. The molecule has 0 aliphatic carbocycles. The number of likely N-dealkylation sites (tertiary alicyclic amines) is 1. The van der Waals surface area contributed by atoms with Gasteiger partial charge in [-0.15, -0.1) is 0 Å². The maximum absolute atomic E-state index is 12.8. The van der Waals surface area contributed by atoms with Crippen molar-refractivity contribution >= 4 is 5.91 Å². The largest absolute Gasteiger partial charge is 0.486 e. The average molecular weight is 310 g/mol. The SMILES string of the molecule is O=C(c1ccncc1)N1CCCC1c1ccc2c(c1)OCCO2. The number of fused-ring (bicyclic) bond motifs is 1. The van der Waals surface area contributed by atoms with Gasteiger partial charge in [-0.1, -0.05) is 6.07 Å². The zero-order valence-electron chi connectivity index (χ0n) is 12.8. The lowest BCUT2D eigenvalue weighted by Crippen LogP contribution is -2.30. The summed E-state index contributed by atoms with van der Waals surface area (Å²) in [6.45, 7) is 1.93. The third kappa shape index (κ3) is 2.63. The molecule has 2 aliphatic rings. The van der Waals surface area contributed by atoms with Crippen LogP contribution in [0.3, 0.4) is 0 Å². The third-order valence-electron chi connectivity index (χ3n) is 4.39. The molecule has 0 radical (unpaired) electrons. The summed E-state index contributed by atoms with van der Waals surface area (Å²) in [6.07, 6.45) is 5.29. The lowest BCUT2D eigenvalue weighted by Gasteiger charge is -2.26. The highest BCUT2D eigenvalue weighted by atomic mass is 16.6. The van der Waals surface area contributed by atoms with E-state index in [1.807, 2.05) is 23.1 Å². The molecular formula is C18H18N2O3. The normalized spacial score (nSPS) is 19.7. The molecule has 1 aromatic carbocycles. The number of hydrogen-bond donors (Lipinski definition) is 0. The summed E-state index contributed by atoms with van der Waals surface area (Å²) in [5.41, 5.74) is 1.79. The lowest BCUT2D eigenvalue weighted by atomic mass is 10.0. The van der Waals surface area contributed by atoms with E-state index in [1.54, 1.807) is 24.5 Å². The third-order valence-corrected chi connectivity index (χ3v) is 4.39. The number of nitrogens with zero attached hydrogens (tertiary/aromatic N) is 2. The molecule has 0 spiro atoms. The van der Waals surface area contributed by atoms with E-state index in [-0.39, 0.29) is 11.9 Å². The van der Waals surface area contributed by atoms with Gasteiger partial charge in [-0.2, -0.15) is 0 Å². The minimum absolute atomic E-state index is 0.0600. The second-order valence-electron chi connectivity index (χ2n) is 5.80. The predicted molar refractivity (Wildman–Crippen MR) is 84.7 cm³/mol. The van der Waals surface area contributed by atoms with Crippen molar-refractivity contribution in [3.05, 3.63) is 53.9 Å². The Kier molecular flexibility index (Phi) is 3.61. The molecule has 1 fully saturated rings. The molecule has 1 amide bonds. The van der Waals surface area contributed by atoms with Gasteiger partial charge < -0.3 is 14.4 Å². The topological polar surface area (TPSA) is 51.7 Å². The van der Waals surface area contributed by atoms with E-state index in [0.717, 1.165) is 36.4 Å². The fraction of sp³-hybridized carbons (Fsp3) is 0.333. The minimum Gasteiger partial charge on any atom is -0.486 e. The smallest absolute Gasteiger partial charge is 0.254 e. The monoisotopic (exact) mass is 310 g/mol. The second kappa shape index (κ2) is 5.91. The average Bonchev–Trinajstić information content (AvgIpc) is 3.11. The molecule has 0 saturated carbocycles. The van der Waals surface area contributed by atoms with Crippen LogP contribution in [0.15, 0.2) is 42.7 Å². The summed E-state index contributed by atoms with van der Waals surface area (Å²) in [6, 6.07) is 9.61. The highest BCUT2D eigenvalue weighted by Gasteiger charge is 2.31. The van der Waals surface area contributed by atoms with Crippen LogP contribution in [0.2, 0.25) is 0 Å². The van der Waals surface area contributed by atoms with E-state index in [9.17, 15) is 4.79 Å². The van der Waals surface area contributed by atoms with Crippen molar-refractivity contribution < 1.29 is 14.3 Å². The van der Waals surface area contributed by atoms with E-state index in [0.29, 0.717) is 18.8 Å². The van der Waals surface area contributed by atoms with Gasteiger partial charge >= 0.3 is 0 Å². The minimum atomic E-state index is 0.0600. The summed E-state index contributed by atoms with van der Waals surface area (Å²) in [7, 11) is 0. The number of carbonyl (C=O) groups excluding carboxylic acids is 1. The zero-order chi connectivity index (χ0) is 15.6. The van der Waals surface area contributed by atoms with Gasteiger partial charge in [0.25, 0.3) is 5.91 Å². The van der Waals surface area contributed by atoms with Gasteiger partial charge in [0.2, 0.25) is 0 Å². The molecule has 3 heterocycles. The highest BCUT2D eigenvalue weighted by Crippen LogP contribution is 2.38. The van der Waals surface area contributed by atoms with Crippen molar-refractivity contribution in [3.63, 3.8) is 0 Å². The van der Waals surface area contributed by atoms with Crippen molar-refractivity contribution in [1.29, 1.82) is 0 Å². The van der Waals surface area contributed by atoms with Crippen LogP contribution < -0.4 is 9.47 Å². The van der Waals surface area contributed by atoms with Crippen LogP contribution in [-0.2, 0) is 0 Å². The summed E-state index contributed by atoms with van der Waals surface area (Å²) in [4.78, 5) is 18.7. The molecular weight excluding hydrogens is 292 g/mol. The first-order chi connectivity index (χ1) is 11.3. The number of aromatic nitrogens is 1. The van der Waals surface area contributed by atoms with Crippen LogP contribution in [0.25, 0.3) is 0 Å². The van der Waals surface area contributed by atoms with Crippen molar-refractivity contribution in [2.24, 2.45) is 0 Å². The second-order valence-corrected chi connectivity index (χ2v) is 5.80. The van der Waals surface area contributed by atoms with Gasteiger partial charge in [-0.05, 0) is 42.7 Å². The van der Waals surface area contributed by atoms with Gasteiger partial charge in [-0.25, -0.2) is 0 Å². The maximum Gasteiger partial charge on any atom is 0.254 e. The Labute approximate surface area is 134 Å². The number of benzene rings is 1. The number of amides is 1. The number of ether oxygens (including phenoxy) is 2. The molecule has 1 saturated heterocycles. The van der Waals surface area contributed by atoms with E-state index in [2.05, 4.69) is 4.98 Å². The molecule has 2 aromatic rings. The van der Waals surface area contributed by atoms with Gasteiger partial charge in [-0.3, -0.25) is 9.78 Å². The van der Waals surface area contributed by atoms with Crippen molar-refractivity contribution in [2.75, 3.05) is 19.8 Å². The number of hydrogen-bond acceptors (Lipinski definition) is 4. The first kappa shape index (κ1) is 14.1. The number of rotatable bonds is 2. The number of carbonyl (C=O) groups is 1. The molecule has 0 N–H and O–H groups in total. The Hall–Kier alpha value is -2.56. The first-order valence-corrected chi connectivity index (χ1v) is 7.93. The molecule has 2 aliphatic heterocycles. The Bertz CT molecular complexity index is 717. The van der Waals surface area contributed by atoms with E-state index in [4.69, 9.17) is 9.47 Å². The lowest BCUT2D eigenvalue weighted by molar-refractivity contribution is 0.0735. The highest BCUT2D eigenvalue weighted by molar-refractivity contribution is 5.94. The van der Waals surface area contributed by atoms with Gasteiger partial charge in [0.05, 0.1) is 6.04 Å². The van der Waals surface area contributed by atoms with Crippen LogP contribution in [0, 0.1) is 0 Å². The van der Waals surface area contributed by atoms with Crippen molar-refractivity contribution in [1.82, 2.24) is 9.88 Å². The fourth-order valence-electron chi connectivity index (χ4n) is 3.28. The van der Waals surface area contributed by atoms with Crippen LogP contribution in [0.5, 0.6) is 11.5 Å². The molecule has 1 atom stereocenters. The standard InChI is InChI=1S/C18H18N2O3/c21-18(13-5-7-19-8-6-13)20-9-1-2-15(20)14-3-4-16-17(12-14)23-11-10-22-16/h3-8,12,15H,1-2,9-11H2. The summed E-state index contributed by atoms with van der Waals surface area (Å²) >= 11 is 0. The van der Waals surface area contributed by atoms with Gasteiger partial charge in [0.15, 0.2) is 11.5 Å². The summed E-state index contributed by atoms with van der Waals surface area (Å²) in [5, 5.41) is 0. The van der Waals surface area contributed by atoms with E-state index < -0.39 is 0 Å². The molecule has 1 unspecified atom stereocenters. The predicted octanol–water partition coefficient (Wildman–Crippen LogP) is 2.83. The molecule has 1 aromatic heterocycles. The van der Waals surface area contributed by atoms with Crippen LogP contribution in [0.1, 0.15) is 34.8 Å². The van der Waals surface area contributed by atoms with Crippen LogP contribution in [0.4, 0.5) is 0 Å². The Morgan fingerprint density at radius 3 is 2.70 bits per heavy atom. The number of pyridine rings is 1. The Morgan fingerprint density at radius 2 is 1.87 bits per heavy atom. The summed E-state index contributed by atoms with van der Waals surface area (Å²) in [5.74, 6) is 1.62. The zero-order valence-corrected chi connectivity index (χ0v) is 12.8. The van der Waals surface area contributed by atoms with Crippen LogP contribution >= 0.6 is 0 Å². The molecule has 23 heavy (non-hydrogen) atoms. The molecule has 5 heteroatoms. The summed E-state index contributed by atoms with van der Waals surface area (Å²) < 4.78 is 11.2. The van der Waals surface area contributed by atoms with Gasteiger partial charge in [0.1, 0.15) is 13.2 Å². The fourth-order valence-corrected chi connectivity index (χ4v) is 3.28. The molecule has 5 nitrogen and oxygen atoms in total. The van der Waals surface area contributed by atoms with Crippen LogP contribution in [-0.4, -0.2) is 35.5 Å². The van der Waals surface area contributed by atoms with Gasteiger partial charge in [0, 0.05) is 24.5 Å². The van der Waals surface area contributed by atoms with E-state index >= 15 is 0 Å². The molecule has 4 rings (SSSR count). The molecule has 0 bridgehead atoms. The Morgan fingerprint density at radius 1 is 1.09 bits per heavy atom. The van der Waals surface area contributed by atoms with Crippen molar-refractivity contribution in [3.8, 4) is 11.5 Å². The van der Waals surface area contributed by atoms with Crippen molar-refractivity contribution in [2.45, 2.75) is 18.9 Å². The quantitative estimate of drug-likeness (QED) is 0.856. The molecule has 118 valence electrons. The first-order valence-electron chi connectivity index (χ1n) is 7.93. The maximum atomic E-state index is 12.8. The van der Waals surface area contributed by atoms with E-state index in [1.165, 1.54) is 0 Å².